The molecule has 1 aromatic carbocycles. The van der Waals surface area contributed by atoms with Crippen molar-refractivity contribution in [2.45, 2.75) is 69.6 Å². The quantitative estimate of drug-likeness (QED) is 0.743. The van der Waals surface area contributed by atoms with E-state index in [9.17, 15) is 8.42 Å². The lowest BCUT2D eigenvalue weighted by Crippen LogP contribution is -2.61. The van der Waals surface area contributed by atoms with Gasteiger partial charge in [0, 0.05) is 12.6 Å². The fraction of sp³-hybridized carbons (Fsp3) is 0.727. The third-order valence-electron chi connectivity index (χ3n) is 7.37. The predicted molar refractivity (Wildman–Crippen MR) is 108 cm³/mol. The van der Waals surface area contributed by atoms with Gasteiger partial charge in [-0.05, 0) is 73.8 Å². The summed E-state index contributed by atoms with van der Waals surface area (Å²) in [6.45, 7) is 6.10. The van der Waals surface area contributed by atoms with Gasteiger partial charge in [0.2, 0.25) is 10.0 Å². The van der Waals surface area contributed by atoms with Crippen LogP contribution in [0.15, 0.2) is 35.2 Å². The van der Waals surface area contributed by atoms with Crippen molar-refractivity contribution in [3.63, 3.8) is 0 Å². The highest BCUT2D eigenvalue weighted by Crippen LogP contribution is 2.62. The largest absolute Gasteiger partial charge is 0.353 e. The van der Waals surface area contributed by atoms with E-state index in [0.29, 0.717) is 34.7 Å². The first-order valence-electron chi connectivity index (χ1n) is 10.7. The summed E-state index contributed by atoms with van der Waals surface area (Å²) >= 11 is 0. The molecular weight excluding hydrogens is 374 g/mol. The third-order valence-corrected chi connectivity index (χ3v) is 8.88. The summed E-state index contributed by atoms with van der Waals surface area (Å²) in [5, 5.41) is 0. The molecule has 1 unspecified atom stereocenters. The Bertz CT molecular complexity index is 758. The maximum atomic E-state index is 12.9. The van der Waals surface area contributed by atoms with Gasteiger partial charge in [0.05, 0.1) is 11.5 Å². The third kappa shape index (κ3) is 4.02. The van der Waals surface area contributed by atoms with Crippen LogP contribution in [-0.4, -0.2) is 34.0 Å². The number of fused-ring (bicyclic) bond motifs is 2. The molecule has 1 N–H and O–H groups in total. The average molecular weight is 408 g/mol. The van der Waals surface area contributed by atoms with E-state index in [-0.39, 0.29) is 12.3 Å². The molecule has 1 aromatic rings. The smallest absolute Gasteiger partial charge is 0.240 e. The first kappa shape index (κ1) is 20.3. The van der Waals surface area contributed by atoms with Crippen molar-refractivity contribution in [3.05, 3.63) is 30.3 Å². The summed E-state index contributed by atoms with van der Waals surface area (Å²) in [7, 11) is -3.49. The number of hydrogen-bond acceptors (Lipinski definition) is 4. The van der Waals surface area contributed by atoms with Crippen LogP contribution in [0.2, 0.25) is 0 Å². The molecule has 4 fully saturated rings. The van der Waals surface area contributed by atoms with Crippen molar-refractivity contribution in [3.8, 4) is 0 Å². The lowest BCUT2D eigenvalue weighted by Gasteiger charge is -2.62. The molecule has 0 radical (unpaired) electrons. The van der Waals surface area contributed by atoms with E-state index in [1.54, 1.807) is 24.3 Å². The zero-order valence-corrected chi connectivity index (χ0v) is 17.8. The molecule has 2 bridgehead atoms. The highest BCUT2D eigenvalue weighted by atomic mass is 32.2. The molecule has 1 aliphatic heterocycles. The predicted octanol–water partition coefficient (Wildman–Crippen LogP) is 3.95. The second kappa shape index (κ2) is 8.05. The van der Waals surface area contributed by atoms with Crippen LogP contribution in [-0.2, 0) is 19.5 Å². The fourth-order valence-corrected chi connectivity index (χ4v) is 6.85. The minimum Gasteiger partial charge on any atom is -0.353 e. The van der Waals surface area contributed by atoms with Crippen LogP contribution in [0.3, 0.4) is 0 Å². The van der Waals surface area contributed by atoms with Crippen molar-refractivity contribution < 1.29 is 17.9 Å². The Morgan fingerprint density at radius 3 is 2.64 bits per heavy atom. The van der Waals surface area contributed by atoms with Gasteiger partial charge in [-0.15, -0.1) is 0 Å². The van der Waals surface area contributed by atoms with E-state index in [1.165, 1.54) is 6.42 Å². The molecular formula is C22H33NO4S. The van der Waals surface area contributed by atoms with Gasteiger partial charge in [0.25, 0.3) is 0 Å². The monoisotopic (exact) mass is 407 g/mol. The van der Waals surface area contributed by atoms with Gasteiger partial charge in [0.15, 0.2) is 6.29 Å². The average Bonchev–Trinajstić information content (AvgIpc) is 2.70. The SMILES string of the molecule is CC1(C)[C@H]2C[C@@H](NS(=O)(=O)c3ccccc3)[C@H](CCOC3CCCCO3)[C@@H]1C2. The summed E-state index contributed by atoms with van der Waals surface area (Å²) in [5.74, 6) is 1.45. The summed E-state index contributed by atoms with van der Waals surface area (Å²) in [6.07, 6.45) is 6.16. The highest BCUT2D eigenvalue weighted by Gasteiger charge is 2.57. The number of rotatable bonds is 7. The molecule has 156 valence electrons. The molecule has 5 atom stereocenters. The Morgan fingerprint density at radius 2 is 1.96 bits per heavy atom. The minimum atomic E-state index is -3.49. The highest BCUT2D eigenvalue weighted by molar-refractivity contribution is 7.89. The molecule has 0 amide bonds. The van der Waals surface area contributed by atoms with Gasteiger partial charge in [0.1, 0.15) is 0 Å². The molecule has 3 saturated carbocycles. The zero-order chi connectivity index (χ0) is 19.8. The van der Waals surface area contributed by atoms with Crippen molar-refractivity contribution >= 4 is 10.0 Å². The number of ether oxygens (including phenoxy) is 2. The molecule has 5 rings (SSSR count). The number of hydrogen-bond donors (Lipinski definition) is 1. The van der Waals surface area contributed by atoms with Gasteiger partial charge >= 0.3 is 0 Å². The van der Waals surface area contributed by atoms with Gasteiger partial charge in [-0.3, -0.25) is 0 Å². The van der Waals surface area contributed by atoms with Crippen LogP contribution in [0.5, 0.6) is 0 Å². The van der Waals surface area contributed by atoms with E-state index in [1.807, 2.05) is 6.07 Å². The molecule has 28 heavy (non-hydrogen) atoms. The number of benzene rings is 1. The van der Waals surface area contributed by atoms with Crippen LogP contribution < -0.4 is 4.72 Å². The fourth-order valence-electron chi connectivity index (χ4n) is 5.53. The normalized spacial score (nSPS) is 34.6. The maximum absolute atomic E-state index is 12.9. The maximum Gasteiger partial charge on any atom is 0.240 e. The molecule has 3 aliphatic carbocycles. The lowest BCUT2D eigenvalue weighted by molar-refractivity contribution is -0.173. The summed E-state index contributed by atoms with van der Waals surface area (Å²) < 4.78 is 40.5. The van der Waals surface area contributed by atoms with Crippen molar-refractivity contribution in [2.24, 2.45) is 23.2 Å². The van der Waals surface area contributed by atoms with Crippen LogP contribution in [0, 0.1) is 23.2 Å². The first-order chi connectivity index (χ1) is 13.4. The lowest BCUT2D eigenvalue weighted by atomic mass is 9.44. The molecule has 5 nitrogen and oxygen atoms in total. The van der Waals surface area contributed by atoms with Crippen LogP contribution in [0.25, 0.3) is 0 Å². The van der Waals surface area contributed by atoms with Crippen molar-refractivity contribution in [1.82, 2.24) is 4.72 Å². The van der Waals surface area contributed by atoms with E-state index < -0.39 is 10.0 Å². The van der Waals surface area contributed by atoms with Gasteiger partial charge in [-0.1, -0.05) is 32.0 Å². The Balaban J connectivity index is 1.43. The molecule has 0 spiro atoms. The molecule has 1 heterocycles. The number of sulfonamides is 1. The summed E-state index contributed by atoms with van der Waals surface area (Å²) in [6, 6.07) is 8.68. The molecule has 6 heteroatoms. The second-order valence-electron chi connectivity index (χ2n) is 9.26. The summed E-state index contributed by atoms with van der Waals surface area (Å²) in [4.78, 5) is 0.346. The van der Waals surface area contributed by atoms with Gasteiger partial charge in [-0.25, -0.2) is 13.1 Å². The molecule has 4 aliphatic rings. The Labute approximate surface area is 169 Å². The van der Waals surface area contributed by atoms with Crippen molar-refractivity contribution in [2.75, 3.05) is 13.2 Å². The molecule has 0 aromatic heterocycles. The van der Waals surface area contributed by atoms with Crippen LogP contribution in [0.4, 0.5) is 0 Å². The van der Waals surface area contributed by atoms with E-state index >= 15 is 0 Å². The standard InChI is InChI=1S/C22H33NO4S/c1-22(2)16-14-19(22)18(11-13-27-21-10-6-7-12-26-21)20(15-16)23-28(24,25)17-8-4-3-5-9-17/h3-5,8-9,16,18-21,23H,6-7,10-15H2,1-2H3/t16-,18-,19+,20-,21?/m1/s1. The minimum absolute atomic E-state index is 0.0159. The second-order valence-corrected chi connectivity index (χ2v) is 11.0. The molecule has 1 saturated heterocycles. The zero-order valence-electron chi connectivity index (χ0n) is 17.0. The van der Waals surface area contributed by atoms with E-state index in [2.05, 4.69) is 18.6 Å². The first-order valence-corrected chi connectivity index (χ1v) is 12.2. The Hall–Kier alpha value is -0.950. The van der Waals surface area contributed by atoms with E-state index in [0.717, 1.165) is 38.7 Å². The Kier molecular flexibility index (Phi) is 5.85. The topological polar surface area (TPSA) is 64.6 Å². The van der Waals surface area contributed by atoms with Gasteiger partial charge in [-0.2, -0.15) is 0 Å². The summed E-state index contributed by atoms with van der Waals surface area (Å²) in [5.41, 5.74) is 0.292. The Morgan fingerprint density at radius 1 is 1.18 bits per heavy atom. The van der Waals surface area contributed by atoms with Crippen LogP contribution in [0.1, 0.15) is 52.4 Å². The van der Waals surface area contributed by atoms with Crippen LogP contribution >= 0.6 is 0 Å². The van der Waals surface area contributed by atoms with Gasteiger partial charge < -0.3 is 9.47 Å². The number of nitrogens with one attached hydrogen (secondary N) is 1. The van der Waals surface area contributed by atoms with E-state index in [4.69, 9.17) is 9.47 Å². The van der Waals surface area contributed by atoms with Crippen molar-refractivity contribution in [1.29, 1.82) is 0 Å².